The first-order valence-electron chi connectivity index (χ1n) is 4.65. The van der Waals surface area contributed by atoms with Crippen LogP contribution < -0.4 is 0 Å². The molecule has 0 aliphatic carbocycles. The molecule has 1 aromatic rings. The number of carboxylic acid groups (broad SMARTS) is 1. The lowest BCUT2D eigenvalue weighted by Gasteiger charge is -2.00. The SMILES string of the molecule is O=C(O)CCCCc1ccc(Cl)cc1. The zero-order valence-electron chi connectivity index (χ0n) is 7.87. The lowest BCUT2D eigenvalue weighted by atomic mass is 10.1. The Labute approximate surface area is 88.5 Å². The lowest BCUT2D eigenvalue weighted by Crippen LogP contribution is -1.94. The average molecular weight is 213 g/mol. The molecule has 0 radical (unpaired) electrons. The fraction of sp³-hybridized carbons (Fsp3) is 0.364. The molecule has 14 heavy (non-hydrogen) atoms. The summed E-state index contributed by atoms with van der Waals surface area (Å²) in [5.41, 5.74) is 1.21. The van der Waals surface area contributed by atoms with E-state index in [0.717, 1.165) is 24.3 Å². The Morgan fingerprint density at radius 1 is 1.21 bits per heavy atom. The Morgan fingerprint density at radius 3 is 2.43 bits per heavy atom. The summed E-state index contributed by atoms with van der Waals surface area (Å²) in [6, 6.07) is 7.66. The minimum Gasteiger partial charge on any atom is -0.481 e. The molecule has 1 aromatic carbocycles. The van der Waals surface area contributed by atoms with Crippen LogP contribution in [0.1, 0.15) is 24.8 Å². The van der Waals surface area contributed by atoms with Gasteiger partial charge in [-0.2, -0.15) is 0 Å². The molecule has 0 saturated carbocycles. The molecule has 1 rings (SSSR count). The third kappa shape index (κ3) is 4.28. The van der Waals surface area contributed by atoms with E-state index in [1.165, 1.54) is 5.56 Å². The van der Waals surface area contributed by atoms with Crippen LogP contribution >= 0.6 is 11.6 Å². The van der Waals surface area contributed by atoms with Crippen molar-refractivity contribution in [2.75, 3.05) is 0 Å². The van der Waals surface area contributed by atoms with Gasteiger partial charge < -0.3 is 5.11 Å². The van der Waals surface area contributed by atoms with Crippen molar-refractivity contribution >= 4 is 17.6 Å². The number of aliphatic carboxylic acids is 1. The quantitative estimate of drug-likeness (QED) is 0.762. The van der Waals surface area contributed by atoms with E-state index < -0.39 is 5.97 Å². The van der Waals surface area contributed by atoms with Crippen LogP contribution in [0.3, 0.4) is 0 Å². The molecule has 2 nitrogen and oxygen atoms in total. The van der Waals surface area contributed by atoms with Crippen molar-refractivity contribution in [2.45, 2.75) is 25.7 Å². The van der Waals surface area contributed by atoms with Gasteiger partial charge in [0.15, 0.2) is 0 Å². The highest BCUT2D eigenvalue weighted by Crippen LogP contribution is 2.12. The van der Waals surface area contributed by atoms with Crippen molar-refractivity contribution in [2.24, 2.45) is 0 Å². The summed E-state index contributed by atoms with van der Waals surface area (Å²) in [4.78, 5) is 10.2. The molecule has 0 aliphatic rings. The summed E-state index contributed by atoms with van der Waals surface area (Å²) < 4.78 is 0. The smallest absolute Gasteiger partial charge is 0.303 e. The minimum atomic E-state index is -0.721. The monoisotopic (exact) mass is 212 g/mol. The molecule has 0 unspecified atom stereocenters. The molecule has 0 heterocycles. The maximum absolute atomic E-state index is 10.2. The Kier molecular flexibility index (Phi) is 4.47. The second-order valence-corrected chi connectivity index (χ2v) is 3.66. The normalized spacial score (nSPS) is 10.1. The zero-order chi connectivity index (χ0) is 10.4. The van der Waals surface area contributed by atoms with Crippen LogP contribution in [0, 0.1) is 0 Å². The van der Waals surface area contributed by atoms with Gasteiger partial charge in [-0.05, 0) is 37.0 Å². The van der Waals surface area contributed by atoms with E-state index in [-0.39, 0.29) is 6.42 Å². The summed E-state index contributed by atoms with van der Waals surface area (Å²) in [5.74, 6) is -0.721. The van der Waals surface area contributed by atoms with Crippen molar-refractivity contribution < 1.29 is 9.90 Å². The van der Waals surface area contributed by atoms with Crippen LogP contribution in [0.4, 0.5) is 0 Å². The summed E-state index contributed by atoms with van der Waals surface area (Å²) in [6.45, 7) is 0. The molecule has 3 heteroatoms. The van der Waals surface area contributed by atoms with Gasteiger partial charge in [-0.15, -0.1) is 0 Å². The number of hydrogen-bond acceptors (Lipinski definition) is 1. The van der Waals surface area contributed by atoms with Gasteiger partial charge in [0.25, 0.3) is 0 Å². The van der Waals surface area contributed by atoms with Crippen LogP contribution in [-0.4, -0.2) is 11.1 Å². The fourth-order valence-corrected chi connectivity index (χ4v) is 1.38. The van der Waals surface area contributed by atoms with Crippen LogP contribution in [0.15, 0.2) is 24.3 Å². The van der Waals surface area contributed by atoms with Gasteiger partial charge in [0.1, 0.15) is 0 Å². The molecule has 0 atom stereocenters. The molecular formula is C11H13ClO2. The van der Waals surface area contributed by atoms with E-state index in [9.17, 15) is 4.79 Å². The Hall–Kier alpha value is -1.02. The Morgan fingerprint density at radius 2 is 1.86 bits per heavy atom. The summed E-state index contributed by atoms with van der Waals surface area (Å²) >= 11 is 5.74. The van der Waals surface area contributed by atoms with Gasteiger partial charge in [0.05, 0.1) is 0 Å². The van der Waals surface area contributed by atoms with Crippen LogP contribution in [0.2, 0.25) is 5.02 Å². The molecule has 0 aromatic heterocycles. The first-order valence-corrected chi connectivity index (χ1v) is 5.02. The predicted octanol–water partition coefficient (Wildman–Crippen LogP) is 3.14. The fourth-order valence-electron chi connectivity index (χ4n) is 1.26. The molecule has 0 spiro atoms. The van der Waals surface area contributed by atoms with E-state index in [1.54, 1.807) is 0 Å². The van der Waals surface area contributed by atoms with Crippen molar-refractivity contribution in [3.05, 3.63) is 34.9 Å². The predicted molar refractivity (Wildman–Crippen MR) is 56.6 cm³/mol. The molecule has 0 bridgehead atoms. The highest BCUT2D eigenvalue weighted by molar-refractivity contribution is 6.30. The molecule has 0 saturated heterocycles. The summed E-state index contributed by atoms with van der Waals surface area (Å²) in [6.07, 6.45) is 2.82. The number of aryl methyl sites for hydroxylation is 1. The second-order valence-electron chi connectivity index (χ2n) is 3.23. The van der Waals surface area contributed by atoms with Crippen LogP contribution in [0.5, 0.6) is 0 Å². The third-order valence-electron chi connectivity index (χ3n) is 2.02. The molecule has 76 valence electrons. The van der Waals surface area contributed by atoms with Gasteiger partial charge in [0, 0.05) is 11.4 Å². The third-order valence-corrected chi connectivity index (χ3v) is 2.27. The molecule has 0 aliphatic heterocycles. The van der Waals surface area contributed by atoms with E-state index in [4.69, 9.17) is 16.7 Å². The largest absolute Gasteiger partial charge is 0.481 e. The number of carbonyl (C=O) groups is 1. The first-order chi connectivity index (χ1) is 6.68. The van der Waals surface area contributed by atoms with Gasteiger partial charge in [-0.1, -0.05) is 23.7 Å². The highest BCUT2D eigenvalue weighted by atomic mass is 35.5. The number of halogens is 1. The van der Waals surface area contributed by atoms with Crippen molar-refractivity contribution in [1.29, 1.82) is 0 Å². The summed E-state index contributed by atoms with van der Waals surface area (Å²) in [5, 5.41) is 9.17. The average Bonchev–Trinajstić information content (AvgIpc) is 2.15. The highest BCUT2D eigenvalue weighted by Gasteiger charge is 1.97. The van der Waals surface area contributed by atoms with Gasteiger partial charge >= 0.3 is 5.97 Å². The number of rotatable bonds is 5. The molecular weight excluding hydrogens is 200 g/mol. The van der Waals surface area contributed by atoms with Crippen LogP contribution in [0.25, 0.3) is 0 Å². The Bertz CT molecular complexity index is 293. The van der Waals surface area contributed by atoms with Crippen molar-refractivity contribution in [3.8, 4) is 0 Å². The van der Waals surface area contributed by atoms with Crippen LogP contribution in [-0.2, 0) is 11.2 Å². The standard InChI is InChI=1S/C11H13ClO2/c12-10-7-5-9(6-8-10)3-1-2-4-11(13)14/h5-8H,1-4H2,(H,13,14). The van der Waals surface area contributed by atoms with Crippen molar-refractivity contribution in [3.63, 3.8) is 0 Å². The van der Waals surface area contributed by atoms with Gasteiger partial charge in [0.2, 0.25) is 0 Å². The maximum atomic E-state index is 10.2. The van der Waals surface area contributed by atoms with Gasteiger partial charge in [-0.3, -0.25) is 4.79 Å². The number of hydrogen-bond donors (Lipinski definition) is 1. The zero-order valence-corrected chi connectivity index (χ0v) is 8.63. The van der Waals surface area contributed by atoms with Gasteiger partial charge in [-0.25, -0.2) is 0 Å². The number of unbranched alkanes of at least 4 members (excludes halogenated alkanes) is 1. The minimum absolute atomic E-state index is 0.258. The molecule has 0 amide bonds. The maximum Gasteiger partial charge on any atom is 0.303 e. The Balaban J connectivity index is 2.25. The first kappa shape index (κ1) is 11.1. The molecule has 0 fully saturated rings. The number of carboxylic acids is 1. The second kappa shape index (κ2) is 5.66. The van der Waals surface area contributed by atoms with E-state index in [1.807, 2.05) is 24.3 Å². The molecule has 1 N–H and O–H groups in total. The van der Waals surface area contributed by atoms with E-state index >= 15 is 0 Å². The lowest BCUT2D eigenvalue weighted by molar-refractivity contribution is -0.137. The van der Waals surface area contributed by atoms with Crippen molar-refractivity contribution in [1.82, 2.24) is 0 Å². The topological polar surface area (TPSA) is 37.3 Å². The number of benzene rings is 1. The summed E-state index contributed by atoms with van der Waals surface area (Å²) in [7, 11) is 0. The van der Waals surface area contributed by atoms with E-state index in [0.29, 0.717) is 0 Å². The van der Waals surface area contributed by atoms with E-state index in [2.05, 4.69) is 0 Å².